The molecule has 0 aromatic heterocycles. The summed E-state index contributed by atoms with van der Waals surface area (Å²) in [7, 11) is 1.49. The molecular weight excluding hydrogens is 371 g/mol. The summed E-state index contributed by atoms with van der Waals surface area (Å²) < 4.78 is 5.13. The number of hydrogen-bond donors (Lipinski definition) is 1. The summed E-state index contributed by atoms with van der Waals surface area (Å²) in [5, 5.41) is 3.61. The molecule has 1 amide bonds. The molecule has 1 N–H and O–H groups in total. The number of carbonyl (C=O) groups is 1. The first-order valence-corrected chi connectivity index (χ1v) is 9.43. The average molecular weight is 393 g/mol. The van der Waals surface area contributed by atoms with Gasteiger partial charge in [-0.15, -0.1) is 0 Å². The van der Waals surface area contributed by atoms with Crippen LogP contribution in [0.25, 0.3) is 0 Å². The first kappa shape index (κ1) is 18.9. The molecule has 138 valence electrons. The summed E-state index contributed by atoms with van der Waals surface area (Å²) >= 11 is 12.3. The second-order valence-corrected chi connectivity index (χ2v) is 7.43. The van der Waals surface area contributed by atoms with Gasteiger partial charge in [0.1, 0.15) is 0 Å². The molecule has 6 heteroatoms. The van der Waals surface area contributed by atoms with E-state index in [9.17, 15) is 4.79 Å². The van der Waals surface area contributed by atoms with E-state index in [1.807, 2.05) is 24.3 Å². The average Bonchev–Trinajstić information content (AvgIpc) is 2.62. The number of halogens is 2. The van der Waals surface area contributed by atoms with Crippen molar-refractivity contribution in [3.63, 3.8) is 0 Å². The Balaban J connectivity index is 1.82. The van der Waals surface area contributed by atoms with Gasteiger partial charge in [0.2, 0.25) is 0 Å². The lowest BCUT2D eigenvalue weighted by molar-refractivity contribution is 0.102. The van der Waals surface area contributed by atoms with Crippen LogP contribution in [0.2, 0.25) is 10.0 Å². The minimum atomic E-state index is -0.255. The minimum absolute atomic E-state index is 0.255. The number of methoxy groups -OCH3 is 1. The van der Waals surface area contributed by atoms with Crippen LogP contribution in [0.5, 0.6) is 5.75 Å². The van der Waals surface area contributed by atoms with E-state index in [4.69, 9.17) is 27.9 Å². The molecule has 1 saturated heterocycles. The number of nitrogens with zero attached hydrogens (tertiary/aromatic N) is 1. The molecule has 0 saturated carbocycles. The van der Waals surface area contributed by atoms with Crippen LogP contribution in [0.4, 0.5) is 11.4 Å². The first-order chi connectivity index (χ1) is 12.5. The quantitative estimate of drug-likeness (QED) is 0.747. The topological polar surface area (TPSA) is 41.6 Å². The zero-order valence-corrected chi connectivity index (χ0v) is 16.4. The van der Waals surface area contributed by atoms with Crippen molar-refractivity contribution >= 4 is 40.5 Å². The van der Waals surface area contributed by atoms with E-state index in [1.54, 1.807) is 12.1 Å². The van der Waals surface area contributed by atoms with Gasteiger partial charge in [-0.2, -0.15) is 0 Å². The Kier molecular flexibility index (Phi) is 5.94. The van der Waals surface area contributed by atoms with E-state index in [1.165, 1.54) is 7.11 Å². The number of anilines is 2. The number of piperidine rings is 1. The Labute approximate surface area is 164 Å². The fourth-order valence-corrected chi connectivity index (χ4v) is 3.83. The molecule has 0 atom stereocenters. The highest BCUT2D eigenvalue weighted by molar-refractivity contribution is 6.37. The van der Waals surface area contributed by atoms with Gasteiger partial charge in [-0.1, -0.05) is 42.3 Å². The van der Waals surface area contributed by atoms with E-state index >= 15 is 0 Å². The van der Waals surface area contributed by atoms with Crippen molar-refractivity contribution in [2.75, 3.05) is 30.4 Å². The van der Waals surface area contributed by atoms with E-state index in [2.05, 4.69) is 17.1 Å². The molecule has 2 aromatic rings. The number of ether oxygens (including phenoxy) is 1. The molecule has 1 fully saturated rings. The van der Waals surface area contributed by atoms with Crippen LogP contribution in [-0.4, -0.2) is 26.1 Å². The fourth-order valence-electron chi connectivity index (χ4n) is 3.19. The molecule has 1 heterocycles. The zero-order valence-electron chi connectivity index (χ0n) is 14.9. The van der Waals surface area contributed by atoms with Crippen molar-refractivity contribution < 1.29 is 9.53 Å². The van der Waals surface area contributed by atoms with Gasteiger partial charge < -0.3 is 15.0 Å². The molecule has 0 spiro atoms. The molecule has 26 heavy (non-hydrogen) atoms. The number of benzene rings is 2. The van der Waals surface area contributed by atoms with Gasteiger partial charge in [-0.05, 0) is 43.0 Å². The molecule has 0 aliphatic carbocycles. The van der Waals surface area contributed by atoms with Gasteiger partial charge in [-0.25, -0.2) is 0 Å². The molecule has 0 radical (unpaired) electrons. The predicted molar refractivity (Wildman–Crippen MR) is 108 cm³/mol. The minimum Gasteiger partial charge on any atom is -0.494 e. The van der Waals surface area contributed by atoms with E-state index in [0.29, 0.717) is 21.4 Å². The van der Waals surface area contributed by atoms with Crippen LogP contribution in [0.15, 0.2) is 36.4 Å². The summed E-state index contributed by atoms with van der Waals surface area (Å²) in [5.74, 6) is 0.860. The molecule has 1 aliphatic heterocycles. The van der Waals surface area contributed by atoms with Crippen LogP contribution < -0.4 is 15.0 Å². The van der Waals surface area contributed by atoms with Crippen molar-refractivity contribution in [2.24, 2.45) is 5.92 Å². The van der Waals surface area contributed by atoms with Crippen LogP contribution in [0.1, 0.15) is 30.1 Å². The number of hydrogen-bond acceptors (Lipinski definition) is 3. The maximum Gasteiger partial charge on any atom is 0.255 e. The van der Waals surface area contributed by atoms with Crippen LogP contribution in [0.3, 0.4) is 0 Å². The highest BCUT2D eigenvalue weighted by atomic mass is 35.5. The molecule has 0 unspecified atom stereocenters. The van der Waals surface area contributed by atoms with E-state index in [-0.39, 0.29) is 5.91 Å². The lowest BCUT2D eigenvalue weighted by Crippen LogP contribution is -2.33. The normalized spacial score (nSPS) is 15.0. The van der Waals surface area contributed by atoms with E-state index in [0.717, 1.165) is 43.2 Å². The van der Waals surface area contributed by atoms with Crippen molar-refractivity contribution in [3.05, 3.63) is 52.0 Å². The van der Waals surface area contributed by atoms with Crippen molar-refractivity contribution in [3.8, 4) is 5.75 Å². The van der Waals surface area contributed by atoms with Crippen LogP contribution in [0, 0.1) is 5.92 Å². The third-order valence-electron chi connectivity index (χ3n) is 4.74. The van der Waals surface area contributed by atoms with Crippen molar-refractivity contribution in [2.45, 2.75) is 19.8 Å². The van der Waals surface area contributed by atoms with Gasteiger partial charge in [-0.3, -0.25) is 4.79 Å². The van der Waals surface area contributed by atoms with Gasteiger partial charge in [0.25, 0.3) is 5.91 Å². The third-order valence-corrected chi connectivity index (χ3v) is 5.30. The molecular formula is C20H22Cl2N2O2. The highest BCUT2D eigenvalue weighted by Crippen LogP contribution is 2.35. The molecule has 3 rings (SSSR count). The Morgan fingerprint density at radius 1 is 1.15 bits per heavy atom. The maximum absolute atomic E-state index is 12.7. The Hall–Kier alpha value is -1.91. The smallest absolute Gasteiger partial charge is 0.255 e. The van der Waals surface area contributed by atoms with Crippen molar-refractivity contribution in [1.82, 2.24) is 0 Å². The van der Waals surface area contributed by atoms with Gasteiger partial charge in [0.05, 0.1) is 28.5 Å². The van der Waals surface area contributed by atoms with Crippen LogP contribution in [-0.2, 0) is 0 Å². The fraction of sp³-hybridized carbons (Fsp3) is 0.350. The summed E-state index contributed by atoms with van der Waals surface area (Å²) in [4.78, 5) is 15.0. The summed E-state index contributed by atoms with van der Waals surface area (Å²) in [5.41, 5.74) is 2.22. The molecule has 1 aliphatic rings. The monoisotopic (exact) mass is 392 g/mol. The maximum atomic E-state index is 12.7. The first-order valence-electron chi connectivity index (χ1n) is 8.68. The third kappa shape index (κ3) is 4.08. The second-order valence-electron chi connectivity index (χ2n) is 6.61. The summed E-state index contributed by atoms with van der Waals surface area (Å²) in [6.07, 6.45) is 2.32. The lowest BCUT2D eigenvalue weighted by atomic mass is 9.98. The number of amides is 1. The SMILES string of the molecule is COc1c(Cl)cc(C(=O)Nc2ccccc2N2CCC(C)CC2)cc1Cl. The van der Waals surface area contributed by atoms with Gasteiger partial charge in [0, 0.05) is 18.7 Å². The predicted octanol–water partition coefficient (Wildman–Crippen LogP) is 5.49. The Morgan fingerprint density at radius 2 is 1.77 bits per heavy atom. The zero-order chi connectivity index (χ0) is 18.7. The number of nitrogens with one attached hydrogen (secondary N) is 1. The van der Waals surface area contributed by atoms with Gasteiger partial charge >= 0.3 is 0 Å². The van der Waals surface area contributed by atoms with E-state index < -0.39 is 0 Å². The van der Waals surface area contributed by atoms with Crippen LogP contribution >= 0.6 is 23.2 Å². The number of rotatable bonds is 4. The number of carbonyl (C=O) groups excluding carboxylic acids is 1. The molecule has 0 bridgehead atoms. The second kappa shape index (κ2) is 8.19. The lowest BCUT2D eigenvalue weighted by Gasteiger charge is -2.33. The molecule has 4 nitrogen and oxygen atoms in total. The molecule has 2 aromatic carbocycles. The summed E-state index contributed by atoms with van der Waals surface area (Å²) in [6.45, 7) is 4.27. The number of para-hydroxylation sites is 2. The van der Waals surface area contributed by atoms with Gasteiger partial charge in [0.15, 0.2) is 5.75 Å². The Bertz CT molecular complexity index is 779. The Morgan fingerprint density at radius 3 is 2.38 bits per heavy atom. The summed E-state index contributed by atoms with van der Waals surface area (Å²) in [6, 6.07) is 11.0. The van der Waals surface area contributed by atoms with Crippen molar-refractivity contribution in [1.29, 1.82) is 0 Å². The standard InChI is InChI=1S/C20H22Cl2N2O2/c1-13-7-9-24(10-8-13)18-6-4-3-5-17(18)23-20(25)14-11-15(21)19(26-2)16(22)12-14/h3-6,11-13H,7-10H2,1-2H3,(H,23,25). The largest absolute Gasteiger partial charge is 0.494 e. The highest BCUT2D eigenvalue weighted by Gasteiger charge is 2.20.